The smallest absolute Gasteiger partial charge is 0.293 e. The average molecular weight is 419 g/mol. The molecule has 0 saturated carbocycles. The molecule has 3 aromatic rings. The molecule has 0 amide bonds. The van der Waals surface area contributed by atoms with Crippen molar-refractivity contribution in [1.82, 2.24) is 4.57 Å². The lowest BCUT2D eigenvalue weighted by atomic mass is 9.84. The second-order valence-corrected chi connectivity index (χ2v) is 14.7. The highest BCUT2D eigenvalue weighted by Gasteiger charge is 2.54. The molecule has 2 aromatic carbocycles. The Kier molecular flexibility index (Phi) is 3.31. The number of rotatable bonds is 1. The summed E-state index contributed by atoms with van der Waals surface area (Å²) < 4.78 is 26.7. The van der Waals surface area contributed by atoms with Crippen LogP contribution in [0.2, 0.25) is 19.6 Å². The largest absolute Gasteiger partial charge is 0.455 e. The van der Waals surface area contributed by atoms with Crippen molar-refractivity contribution in [1.29, 1.82) is 0 Å². The van der Waals surface area contributed by atoms with E-state index in [0.717, 1.165) is 43.9 Å². The average Bonchev–Trinajstić information content (AvgIpc) is 3.25. The Labute approximate surface area is 176 Å². The van der Waals surface area contributed by atoms with Crippen LogP contribution in [0.15, 0.2) is 34.6 Å². The Morgan fingerprint density at radius 2 is 1.87 bits per heavy atom. The zero-order valence-corrected chi connectivity index (χ0v) is 19.2. The minimum absolute atomic E-state index is 0.0248. The first-order chi connectivity index (χ1) is 14.2. The molecule has 0 aliphatic carbocycles. The van der Waals surface area contributed by atoms with E-state index in [4.69, 9.17) is 9.73 Å². The van der Waals surface area contributed by atoms with E-state index in [1.807, 2.05) is 45.4 Å². The Morgan fingerprint density at radius 1 is 1.13 bits per heavy atom. The second kappa shape index (κ2) is 5.49. The van der Waals surface area contributed by atoms with Gasteiger partial charge in [0.15, 0.2) is 0 Å². The zero-order valence-electron chi connectivity index (χ0n) is 18.2. The highest BCUT2D eigenvalue weighted by molar-refractivity contribution is 6.83. The molecule has 4 nitrogen and oxygen atoms in total. The van der Waals surface area contributed by atoms with Crippen molar-refractivity contribution in [2.24, 2.45) is 10.9 Å². The van der Waals surface area contributed by atoms with E-state index < -0.39 is 8.07 Å². The van der Waals surface area contributed by atoms with Crippen LogP contribution >= 0.6 is 0 Å². The van der Waals surface area contributed by atoms with E-state index in [2.05, 4.69) is 34.9 Å². The molecule has 30 heavy (non-hydrogen) atoms. The minimum Gasteiger partial charge on any atom is -0.455 e. The topological polar surface area (TPSA) is 29.5 Å². The third-order valence-electron chi connectivity index (χ3n) is 6.89. The van der Waals surface area contributed by atoms with Gasteiger partial charge in [0.2, 0.25) is 0 Å². The molecular weight excluding hydrogens is 393 g/mol. The van der Waals surface area contributed by atoms with Gasteiger partial charge in [-0.15, -0.1) is 0 Å². The summed E-state index contributed by atoms with van der Waals surface area (Å²) in [6.07, 6.45) is 1.62. The van der Waals surface area contributed by atoms with Crippen molar-refractivity contribution < 1.29 is 13.7 Å². The first-order valence-corrected chi connectivity index (χ1v) is 14.0. The van der Waals surface area contributed by atoms with E-state index in [1.54, 1.807) is 0 Å². The van der Waals surface area contributed by atoms with Gasteiger partial charge in [-0.1, -0.05) is 37.8 Å². The summed E-state index contributed by atoms with van der Waals surface area (Å²) >= 11 is 0. The molecule has 0 saturated heterocycles. The van der Waals surface area contributed by atoms with Crippen LogP contribution in [0, 0.1) is 25.6 Å². The highest BCUT2D eigenvalue weighted by atomic mass is 28.3. The molecule has 0 fully saturated rings. The molecule has 152 valence electrons. The monoisotopic (exact) mass is 418 g/mol. The summed E-state index contributed by atoms with van der Waals surface area (Å²) in [5.41, 5.74) is 7.22. The molecular formula is C24H25FN3OSi+. The number of aliphatic imine (C=N–C) groups is 1. The maximum Gasteiger partial charge on any atom is 0.293 e. The molecule has 3 aliphatic heterocycles. The molecule has 6 rings (SSSR count). The normalized spacial score (nSPS) is 22.4. The van der Waals surface area contributed by atoms with Crippen LogP contribution in [0.1, 0.15) is 16.7 Å². The van der Waals surface area contributed by atoms with Gasteiger partial charge in [0.1, 0.15) is 30.9 Å². The van der Waals surface area contributed by atoms with Gasteiger partial charge in [-0.25, -0.2) is 8.97 Å². The van der Waals surface area contributed by atoms with Gasteiger partial charge in [-0.05, 0) is 36.0 Å². The molecule has 4 heterocycles. The maximum absolute atomic E-state index is 15.7. The summed E-state index contributed by atoms with van der Waals surface area (Å²) in [4.78, 5) is 4.74. The first kappa shape index (κ1) is 18.1. The van der Waals surface area contributed by atoms with Crippen LogP contribution in [0.3, 0.4) is 0 Å². The number of hydrogen-bond acceptors (Lipinski definition) is 2. The number of nitrogens with zero attached hydrogens (tertiary/aromatic N) is 3. The summed E-state index contributed by atoms with van der Waals surface area (Å²) in [7, 11) is 0.230. The maximum atomic E-state index is 15.7. The molecule has 2 unspecified atom stereocenters. The van der Waals surface area contributed by atoms with Gasteiger partial charge >= 0.3 is 0 Å². The predicted octanol–water partition coefficient (Wildman–Crippen LogP) is 5.06. The fraction of sp³-hybridized carbons (Fsp3) is 0.333. The highest BCUT2D eigenvalue weighted by Crippen LogP contribution is 2.51. The number of halogens is 1. The van der Waals surface area contributed by atoms with E-state index in [9.17, 15) is 0 Å². The lowest BCUT2D eigenvalue weighted by molar-refractivity contribution is -0.366. The number of fused-ring (bicyclic) bond motifs is 5. The lowest BCUT2D eigenvalue weighted by Crippen LogP contribution is -2.40. The van der Waals surface area contributed by atoms with Gasteiger partial charge in [0.05, 0.1) is 23.8 Å². The van der Waals surface area contributed by atoms with Crippen LogP contribution in [0.5, 0.6) is 0 Å². The number of ether oxygens (including phenoxy) is 1. The van der Waals surface area contributed by atoms with E-state index in [0.29, 0.717) is 0 Å². The van der Waals surface area contributed by atoms with Crippen LogP contribution in [0.25, 0.3) is 27.5 Å². The van der Waals surface area contributed by atoms with Crippen LogP contribution in [-0.2, 0) is 4.74 Å². The van der Waals surface area contributed by atoms with E-state index >= 15 is 4.39 Å². The predicted molar refractivity (Wildman–Crippen MR) is 123 cm³/mol. The van der Waals surface area contributed by atoms with E-state index in [1.165, 1.54) is 11.4 Å². The standard InChI is InChI=1S/C24H25FN3OSi/c1-12-13(2)19(25)17-14-9-7-8-10-15(14)28-21(17)16(12)20-18-22(28)24(30(4,5)6)29-23(18)26-11-27(20)3/h7-11,18,23H,1-6H3/q+1. The minimum atomic E-state index is -1.81. The number of aromatic nitrogens is 1. The van der Waals surface area contributed by atoms with Gasteiger partial charge in [0, 0.05) is 16.3 Å². The molecule has 0 N–H and O–H groups in total. The fourth-order valence-corrected chi connectivity index (χ4v) is 6.98. The third-order valence-corrected chi connectivity index (χ3v) is 8.62. The molecule has 3 aliphatic rings. The van der Waals surface area contributed by atoms with Gasteiger partial charge < -0.3 is 9.30 Å². The van der Waals surface area contributed by atoms with Gasteiger partial charge in [0.25, 0.3) is 12.6 Å². The van der Waals surface area contributed by atoms with E-state index in [-0.39, 0.29) is 18.0 Å². The molecule has 0 spiro atoms. The summed E-state index contributed by atoms with van der Waals surface area (Å²) in [6, 6.07) is 8.17. The van der Waals surface area contributed by atoms with Crippen molar-refractivity contribution in [3.05, 3.63) is 52.2 Å². The number of hydrogen-bond donors (Lipinski definition) is 0. The molecule has 2 atom stereocenters. The number of benzene rings is 2. The fourth-order valence-electron chi connectivity index (χ4n) is 5.47. The van der Waals surface area contributed by atoms with Crippen molar-refractivity contribution >= 4 is 47.6 Å². The first-order valence-electron chi connectivity index (χ1n) is 10.5. The Balaban J connectivity index is 1.96. The molecule has 0 radical (unpaired) electrons. The lowest BCUT2D eigenvalue weighted by Gasteiger charge is -2.29. The van der Waals surface area contributed by atoms with Crippen molar-refractivity contribution in [2.45, 2.75) is 39.7 Å². The molecule has 1 aromatic heterocycles. The summed E-state index contributed by atoms with van der Waals surface area (Å²) in [5, 5.41) is 2.76. The van der Waals surface area contributed by atoms with Gasteiger partial charge in [-0.2, -0.15) is 0 Å². The van der Waals surface area contributed by atoms with Crippen molar-refractivity contribution in [2.75, 3.05) is 7.05 Å². The van der Waals surface area contributed by atoms with Crippen LogP contribution in [-0.4, -0.2) is 42.5 Å². The van der Waals surface area contributed by atoms with Crippen molar-refractivity contribution in [3.8, 4) is 0 Å². The van der Waals surface area contributed by atoms with Crippen LogP contribution in [0.4, 0.5) is 4.39 Å². The van der Waals surface area contributed by atoms with Crippen molar-refractivity contribution in [3.63, 3.8) is 0 Å². The number of para-hydroxylation sites is 1. The Hall–Kier alpha value is -2.73. The van der Waals surface area contributed by atoms with Gasteiger partial charge in [-0.3, -0.25) is 0 Å². The molecule has 0 bridgehead atoms. The third kappa shape index (κ3) is 1.95. The zero-order chi connectivity index (χ0) is 21.1. The summed E-state index contributed by atoms with van der Waals surface area (Å²) in [6.45, 7) is 10.9. The second-order valence-electron chi connectivity index (χ2n) is 9.73. The Bertz CT molecular complexity index is 1400. The Morgan fingerprint density at radius 3 is 2.60 bits per heavy atom. The quantitative estimate of drug-likeness (QED) is 0.401. The SMILES string of the molecule is Cc1c(C)c2c3c(c1F)c1ccccc1n3C1=C([Si](C)(C)C)OC3N=C[N+](C)=C2C13. The molecule has 6 heteroatoms. The van der Waals surface area contributed by atoms with Crippen LogP contribution < -0.4 is 0 Å². The summed E-state index contributed by atoms with van der Waals surface area (Å²) in [5.74, 6) is -0.0882.